The number of halogens is 1. The Bertz CT molecular complexity index is 456. The lowest BCUT2D eigenvalue weighted by atomic mass is 9.75. The third-order valence-electron chi connectivity index (χ3n) is 4.66. The van der Waals surface area contributed by atoms with Gasteiger partial charge in [0, 0.05) is 0 Å². The van der Waals surface area contributed by atoms with Gasteiger partial charge in [0.25, 0.3) is 0 Å². The van der Waals surface area contributed by atoms with Crippen molar-refractivity contribution in [2.24, 2.45) is 17.3 Å². The fourth-order valence-electron chi connectivity index (χ4n) is 3.35. The fourth-order valence-corrected chi connectivity index (χ4v) is 3.35. The Morgan fingerprint density at radius 1 is 1.11 bits per heavy atom. The molecule has 1 nitrogen and oxygen atoms in total. The molecular weight excluding hydrogens is 347 g/mol. The van der Waals surface area contributed by atoms with Gasteiger partial charge in [0.15, 0.2) is 0 Å². The fraction of sp³-hybridized carbons (Fsp3) is 0.692. The highest BCUT2D eigenvalue weighted by Gasteiger charge is 2.22. The molecule has 0 aromatic heterocycles. The van der Waals surface area contributed by atoms with E-state index in [0.29, 0.717) is 17.4 Å². The molecule has 1 unspecified atom stereocenters. The molecule has 0 spiro atoms. The number of rotatable bonds is 3. The van der Waals surface area contributed by atoms with Crippen LogP contribution in [0.2, 0.25) is 0 Å². The Balaban J connectivity index is -0.000000368. The topological polar surface area (TPSA) is 20.2 Å². The average molecular weight is 397 g/mol. The first-order valence-electron chi connectivity index (χ1n) is 10.6. The number of benzene rings is 1. The Kier molecular flexibility index (Phi) is 20.2. The molecule has 2 heteroatoms. The number of aliphatic hydroxyl groups excluding tert-OH is 1. The zero-order valence-electron chi connectivity index (χ0n) is 19.0. The first kappa shape index (κ1) is 31.5. The highest BCUT2D eigenvalue weighted by molar-refractivity contribution is 5.18. The summed E-state index contributed by atoms with van der Waals surface area (Å²) in [5.74, 6) is 1.73. The van der Waals surface area contributed by atoms with Crippen molar-refractivity contribution in [2.45, 2.75) is 101 Å². The molecule has 0 amide bonds. The van der Waals surface area contributed by atoms with Crippen molar-refractivity contribution < 1.29 is 9.50 Å². The van der Waals surface area contributed by atoms with Crippen LogP contribution in [0.3, 0.4) is 0 Å². The second-order valence-corrected chi connectivity index (χ2v) is 8.37. The van der Waals surface area contributed by atoms with Crippen molar-refractivity contribution >= 4 is 0 Å². The van der Waals surface area contributed by atoms with Crippen molar-refractivity contribution in [3.05, 3.63) is 48.8 Å². The number of hydrogen-bond acceptors (Lipinski definition) is 1. The zero-order valence-corrected chi connectivity index (χ0v) is 19.0. The van der Waals surface area contributed by atoms with Gasteiger partial charge in [-0.3, -0.25) is 0 Å². The highest BCUT2D eigenvalue weighted by Crippen LogP contribution is 2.35. The lowest BCUT2D eigenvalue weighted by Gasteiger charge is -2.31. The maximum atomic E-state index is 12.6. The van der Waals surface area contributed by atoms with Crippen LogP contribution in [0.15, 0.2) is 37.4 Å². The first-order chi connectivity index (χ1) is 12.7. The van der Waals surface area contributed by atoms with Gasteiger partial charge < -0.3 is 5.11 Å². The molecular formula is C26H49FO. The lowest BCUT2D eigenvalue weighted by molar-refractivity contribution is 0.173. The van der Waals surface area contributed by atoms with E-state index >= 15 is 0 Å². The van der Waals surface area contributed by atoms with Crippen LogP contribution in [0, 0.1) is 23.1 Å². The molecule has 1 aliphatic rings. The molecule has 1 fully saturated rings. The SMILES string of the molecule is C.C=C.CC.CC1CCC(CC(C)(C)C)CC1.CCC(O)c1cccc(F)c1. The van der Waals surface area contributed by atoms with E-state index < -0.39 is 6.10 Å². The largest absolute Gasteiger partial charge is 0.388 e. The molecule has 1 aliphatic carbocycles. The van der Waals surface area contributed by atoms with Crippen molar-refractivity contribution in [2.75, 3.05) is 0 Å². The van der Waals surface area contributed by atoms with E-state index in [1.165, 1.54) is 44.2 Å². The molecule has 28 heavy (non-hydrogen) atoms. The van der Waals surface area contributed by atoms with Crippen LogP contribution >= 0.6 is 0 Å². The molecule has 0 bridgehead atoms. The maximum absolute atomic E-state index is 12.6. The van der Waals surface area contributed by atoms with Gasteiger partial charge in [0.2, 0.25) is 0 Å². The lowest BCUT2D eigenvalue weighted by Crippen LogP contribution is -2.18. The summed E-state index contributed by atoms with van der Waals surface area (Å²) in [6, 6.07) is 6.04. The summed E-state index contributed by atoms with van der Waals surface area (Å²) in [6.07, 6.45) is 7.42. The van der Waals surface area contributed by atoms with Gasteiger partial charge in [-0.1, -0.05) is 93.7 Å². The van der Waals surface area contributed by atoms with E-state index in [-0.39, 0.29) is 13.2 Å². The van der Waals surface area contributed by atoms with Crippen molar-refractivity contribution in [3.8, 4) is 0 Å². The van der Waals surface area contributed by atoms with E-state index in [1.807, 2.05) is 20.8 Å². The Labute approximate surface area is 176 Å². The summed E-state index contributed by atoms with van der Waals surface area (Å²) in [5, 5.41) is 9.29. The van der Waals surface area contributed by atoms with Crippen LogP contribution < -0.4 is 0 Å². The smallest absolute Gasteiger partial charge is 0.123 e. The van der Waals surface area contributed by atoms with E-state index in [0.717, 1.165) is 11.8 Å². The van der Waals surface area contributed by atoms with Gasteiger partial charge in [-0.2, -0.15) is 0 Å². The predicted octanol–water partition coefficient (Wildman–Crippen LogP) is 8.98. The molecule has 1 aromatic carbocycles. The van der Waals surface area contributed by atoms with E-state index in [1.54, 1.807) is 12.1 Å². The first-order valence-corrected chi connectivity index (χ1v) is 10.6. The van der Waals surface area contributed by atoms with Gasteiger partial charge in [-0.05, 0) is 47.8 Å². The Morgan fingerprint density at radius 3 is 2.00 bits per heavy atom. The quantitative estimate of drug-likeness (QED) is 0.505. The second-order valence-electron chi connectivity index (χ2n) is 8.37. The van der Waals surface area contributed by atoms with Crippen LogP contribution in [-0.2, 0) is 0 Å². The average Bonchev–Trinajstić information content (AvgIpc) is 2.66. The highest BCUT2D eigenvalue weighted by atomic mass is 19.1. The zero-order chi connectivity index (χ0) is 21.5. The Hall–Kier alpha value is -1.15. The second kappa shape index (κ2) is 17.9. The molecule has 0 radical (unpaired) electrons. The molecule has 1 N–H and O–H groups in total. The van der Waals surface area contributed by atoms with Gasteiger partial charge in [-0.25, -0.2) is 4.39 Å². The molecule has 1 saturated carbocycles. The minimum atomic E-state index is -0.536. The summed E-state index contributed by atoms with van der Waals surface area (Å²) in [6.45, 7) is 21.4. The molecule has 1 aromatic rings. The van der Waals surface area contributed by atoms with E-state index in [2.05, 4.69) is 40.9 Å². The standard InChI is InChI=1S/C12H24.C9H11FO.C2H6.C2H4.CH4/c1-10-5-7-11(8-6-10)9-12(2,3)4;1-2-9(11)7-4-3-5-8(10)6-7;2*1-2;/h10-11H,5-9H2,1-4H3;3-6,9,11H,2H2,1H3;1-2H3;1-2H2;1H4. The number of aliphatic hydroxyl groups is 1. The predicted molar refractivity (Wildman–Crippen MR) is 126 cm³/mol. The summed E-state index contributed by atoms with van der Waals surface area (Å²) >= 11 is 0. The molecule has 0 aliphatic heterocycles. The van der Waals surface area contributed by atoms with Crippen molar-refractivity contribution in [1.82, 2.24) is 0 Å². The van der Waals surface area contributed by atoms with Crippen LogP contribution in [0.4, 0.5) is 4.39 Å². The number of hydrogen-bond donors (Lipinski definition) is 1. The summed E-state index contributed by atoms with van der Waals surface area (Å²) in [4.78, 5) is 0. The van der Waals surface area contributed by atoms with Gasteiger partial charge >= 0.3 is 0 Å². The summed E-state index contributed by atoms with van der Waals surface area (Å²) in [5.41, 5.74) is 1.19. The molecule has 0 heterocycles. The van der Waals surface area contributed by atoms with Gasteiger partial charge in [0.1, 0.15) is 5.82 Å². The monoisotopic (exact) mass is 396 g/mol. The van der Waals surface area contributed by atoms with Gasteiger partial charge in [-0.15, -0.1) is 13.2 Å². The third-order valence-corrected chi connectivity index (χ3v) is 4.66. The van der Waals surface area contributed by atoms with Crippen LogP contribution in [0.25, 0.3) is 0 Å². The van der Waals surface area contributed by atoms with E-state index in [9.17, 15) is 9.50 Å². The molecule has 1 atom stereocenters. The third kappa shape index (κ3) is 15.9. The van der Waals surface area contributed by atoms with E-state index in [4.69, 9.17) is 0 Å². The normalized spacial score (nSPS) is 19.2. The minimum Gasteiger partial charge on any atom is -0.388 e. The Morgan fingerprint density at radius 2 is 1.61 bits per heavy atom. The molecule has 166 valence electrons. The molecule has 2 rings (SSSR count). The minimum absolute atomic E-state index is 0. The maximum Gasteiger partial charge on any atom is 0.123 e. The van der Waals surface area contributed by atoms with Crippen LogP contribution in [0.1, 0.15) is 106 Å². The molecule has 0 saturated heterocycles. The van der Waals surface area contributed by atoms with Crippen molar-refractivity contribution in [3.63, 3.8) is 0 Å². The van der Waals surface area contributed by atoms with Gasteiger partial charge in [0.05, 0.1) is 6.10 Å². The summed E-state index contributed by atoms with van der Waals surface area (Å²) in [7, 11) is 0. The van der Waals surface area contributed by atoms with Crippen LogP contribution in [0.5, 0.6) is 0 Å². The van der Waals surface area contributed by atoms with Crippen LogP contribution in [-0.4, -0.2) is 5.11 Å². The van der Waals surface area contributed by atoms with Crippen molar-refractivity contribution in [1.29, 1.82) is 0 Å². The summed E-state index contributed by atoms with van der Waals surface area (Å²) < 4.78 is 12.6.